The van der Waals surface area contributed by atoms with Gasteiger partial charge in [-0.05, 0) is 43.6 Å². The largest absolute Gasteiger partial charge is 0.373 e. The number of aromatic nitrogens is 4. The summed E-state index contributed by atoms with van der Waals surface area (Å²) in [4.78, 5) is 4.15. The Balaban J connectivity index is 1.80. The van der Waals surface area contributed by atoms with Crippen molar-refractivity contribution in [2.24, 2.45) is 0 Å². The zero-order chi connectivity index (χ0) is 12.8. The van der Waals surface area contributed by atoms with Crippen LogP contribution in [0.1, 0.15) is 25.3 Å². The van der Waals surface area contributed by atoms with Crippen LogP contribution in [0.3, 0.4) is 0 Å². The van der Waals surface area contributed by atoms with Gasteiger partial charge in [0.1, 0.15) is 0 Å². The van der Waals surface area contributed by atoms with E-state index in [0.29, 0.717) is 16.9 Å². The number of H-pyrrole nitrogens is 1. The molecule has 0 aliphatic carbocycles. The van der Waals surface area contributed by atoms with Crippen LogP contribution < -0.4 is 0 Å². The Bertz CT molecular complexity index is 650. The fourth-order valence-corrected chi connectivity index (χ4v) is 3.46. The third-order valence-corrected chi connectivity index (χ3v) is 4.32. The van der Waals surface area contributed by atoms with Crippen molar-refractivity contribution in [2.45, 2.75) is 37.5 Å². The molecule has 2 bridgehead atoms. The number of hydrogen-bond acceptors (Lipinski definition) is 4. The van der Waals surface area contributed by atoms with Gasteiger partial charge in [-0.1, -0.05) is 0 Å². The first-order valence-electron chi connectivity index (χ1n) is 6.55. The van der Waals surface area contributed by atoms with Crippen molar-refractivity contribution in [3.8, 4) is 11.4 Å². The lowest BCUT2D eigenvalue weighted by Crippen LogP contribution is -2.21. The number of rotatable bonds is 2. The van der Waals surface area contributed by atoms with E-state index < -0.39 is 0 Å². The van der Waals surface area contributed by atoms with E-state index in [-0.39, 0.29) is 6.10 Å². The van der Waals surface area contributed by atoms with Crippen LogP contribution in [-0.4, -0.2) is 32.0 Å². The molecule has 3 atom stereocenters. The number of hydrogen-bond donors (Lipinski definition) is 1. The highest BCUT2D eigenvalue weighted by Gasteiger charge is 2.42. The van der Waals surface area contributed by atoms with Crippen molar-refractivity contribution in [3.05, 3.63) is 29.3 Å². The first-order valence-corrected chi connectivity index (χ1v) is 6.96. The summed E-state index contributed by atoms with van der Waals surface area (Å²) in [6.07, 6.45) is 7.58. The predicted molar refractivity (Wildman–Crippen MR) is 72.2 cm³/mol. The molecule has 0 spiro atoms. The molecule has 0 saturated carbocycles. The maximum absolute atomic E-state index is 5.93. The van der Waals surface area contributed by atoms with Gasteiger partial charge >= 0.3 is 0 Å². The number of fused-ring (bicyclic) bond motifs is 2. The summed E-state index contributed by atoms with van der Waals surface area (Å²) in [5, 5.41) is 7.27. The summed E-state index contributed by atoms with van der Waals surface area (Å²) in [6, 6.07) is 4.22. The highest BCUT2D eigenvalue weighted by Crippen LogP contribution is 2.42. The first-order chi connectivity index (χ1) is 9.33. The Labute approximate surface area is 115 Å². The second-order valence-electron chi connectivity index (χ2n) is 5.14. The van der Waals surface area contributed by atoms with E-state index in [1.165, 1.54) is 6.42 Å². The van der Waals surface area contributed by atoms with Gasteiger partial charge < -0.3 is 4.74 Å². The number of nitrogens with zero attached hydrogens (tertiary/aromatic N) is 3. The van der Waals surface area contributed by atoms with Gasteiger partial charge in [-0.25, -0.2) is 0 Å². The minimum absolute atomic E-state index is 0.282. The molecule has 4 heterocycles. The quantitative estimate of drug-likeness (QED) is 0.855. The smallest absolute Gasteiger partial charge is 0.195 e. The Hall–Kier alpha value is -1.53. The van der Waals surface area contributed by atoms with E-state index in [2.05, 4.69) is 19.7 Å². The lowest BCUT2D eigenvalue weighted by molar-refractivity contribution is 0.0938. The van der Waals surface area contributed by atoms with Crippen molar-refractivity contribution >= 4 is 12.2 Å². The average molecular weight is 274 g/mol. The SMILES string of the molecule is S=c1[nH]nc(-c2cccnc2)n1C1CC2CCC1O2. The fraction of sp³-hybridized carbons (Fsp3) is 0.462. The van der Waals surface area contributed by atoms with Gasteiger partial charge in [0.05, 0.1) is 18.2 Å². The molecule has 2 saturated heterocycles. The highest BCUT2D eigenvalue weighted by molar-refractivity contribution is 7.71. The summed E-state index contributed by atoms with van der Waals surface area (Å²) in [5.41, 5.74) is 0.984. The molecule has 2 fully saturated rings. The molecular formula is C13H14N4OS. The molecule has 4 rings (SSSR count). The Morgan fingerprint density at radius 2 is 2.37 bits per heavy atom. The fourth-order valence-electron chi connectivity index (χ4n) is 3.19. The summed E-state index contributed by atoms with van der Waals surface area (Å²) >= 11 is 5.39. The van der Waals surface area contributed by atoms with E-state index in [1.54, 1.807) is 6.20 Å². The van der Waals surface area contributed by atoms with Crippen molar-refractivity contribution in [2.75, 3.05) is 0 Å². The van der Waals surface area contributed by atoms with Crippen LogP contribution in [0.25, 0.3) is 11.4 Å². The van der Waals surface area contributed by atoms with Crippen LogP contribution in [0, 0.1) is 4.77 Å². The standard InChI is InChI=1S/C13H14N4OS/c19-13-16-15-12(8-2-1-5-14-7-8)17(13)10-6-9-3-4-11(10)18-9/h1-2,5,7,9-11H,3-4,6H2,(H,16,19). The molecule has 3 unspecified atom stereocenters. The average Bonchev–Trinajstić information content (AvgIpc) is 3.14. The Morgan fingerprint density at radius 1 is 1.42 bits per heavy atom. The zero-order valence-corrected chi connectivity index (χ0v) is 11.1. The van der Waals surface area contributed by atoms with Crippen LogP contribution in [0.15, 0.2) is 24.5 Å². The van der Waals surface area contributed by atoms with Crippen LogP contribution in [0.2, 0.25) is 0 Å². The summed E-state index contributed by atoms with van der Waals surface area (Å²) < 4.78 is 8.70. The van der Waals surface area contributed by atoms with Crippen molar-refractivity contribution in [3.63, 3.8) is 0 Å². The van der Waals surface area contributed by atoms with E-state index >= 15 is 0 Å². The molecular weight excluding hydrogens is 260 g/mol. The number of nitrogens with one attached hydrogen (secondary N) is 1. The third-order valence-electron chi connectivity index (χ3n) is 4.03. The summed E-state index contributed by atoms with van der Waals surface area (Å²) in [6.45, 7) is 0. The molecule has 5 nitrogen and oxygen atoms in total. The van der Waals surface area contributed by atoms with Gasteiger partial charge in [-0.3, -0.25) is 14.6 Å². The Morgan fingerprint density at radius 3 is 3.05 bits per heavy atom. The third kappa shape index (κ3) is 1.74. The minimum atomic E-state index is 0.282. The van der Waals surface area contributed by atoms with E-state index in [0.717, 1.165) is 24.2 Å². The highest BCUT2D eigenvalue weighted by atomic mass is 32.1. The van der Waals surface area contributed by atoms with Crippen LogP contribution in [0.5, 0.6) is 0 Å². The van der Waals surface area contributed by atoms with Gasteiger partial charge in [0.25, 0.3) is 0 Å². The van der Waals surface area contributed by atoms with Crippen molar-refractivity contribution in [1.82, 2.24) is 19.7 Å². The second-order valence-corrected chi connectivity index (χ2v) is 5.53. The minimum Gasteiger partial charge on any atom is -0.373 e. The van der Waals surface area contributed by atoms with E-state index in [1.807, 2.05) is 18.3 Å². The van der Waals surface area contributed by atoms with E-state index in [9.17, 15) is 0 Å². The summed E-state index contributed by atoms with van der Waals surface area (Å²) in [7, 11) is 0. The molecule has 0 amide bonds. The monoisotopic (exact) mass is 274 g/mol. The summed E-state index contributed by atoms with van der Waals surface area (Å²) in [5.74, 6) is 0.860. The molecule has 2 aliphatic heterocycles. The lowest BCUT2D eigenvalue weighted by Gasteiger charge is -2.21. The molecule has 19 heavy (non-hydrogen) atoms. The second kappa shape index (κ2) is 4.25. The normalized spacial score (nSPS) is 28.9. The van der Waals surface area contributed by atoms with Gasteiger partial charge in [0.2, 0.25) is 0 Å². The van der Waals surface area contributed by atoms with Gasteiger partial charge in [-0.15, -0.1) is 0 Å². The molecule has 2 aromatic heterocycles. The molecule has 1 N–H and O–H groups in total. The molecule has 2 aliphatic rings. The topological polar surface area (TPSA) is 55.7 Å². The molecule has 0 aromatic carbocycles. The molecule has 6 heteroatoms. The van der Waals surface area contributed by atoms with Crippen LogP contribution >= 0.6 is 12.2 Å². The number of ether oxygens (including phenoxy) is 1. The van der Waals surface area contributed by atoms with Crippen molar-refractivity contribution < 1.29 is 4.74 Å². The lowest BCUT2D eigenvalue weighted by atomic mass is 9.95. The molecule has 0 radical (unpaired) electrons. The molecule has 98 valence electrons. The van der Waals surface area contributed by atoms with Gasteiger partial charge in [0, 0.05) is 18.0 Å². The maximum Gasteiger partial charge on any atom is 0.195 e. The maximum atomic E-state index is 5.93. The first kappa shape index (κ1) is 11.3. The number of pyridine rings is 1. The number of aromatic amines is 1. The predicted octanol–water partition coefficient (Wildman–Crippen LogP) is 2.50. The van der Waals surface area contributed by atoms with Gasteiger partial charge in [-0.2, -0.15) is 5.10 Å². The van der Waals surface area contributed by atoms with Gasteiger partial charge in [0.15, 0.2) is 10.6 Å². The van der Waals surface area contributed by atoms with Crippen molar-refractivity contribution in [1.29, 1.82) is 0 Å². The Kier molecular flexibility index (Phi) is 2.53. The van der Waals surface area contributed by atoms with Crippen LogP contribution in [-0.2, 0) is 4.74 Å². The van der Waals surface area contributed by atoms with E-state index in [4.69, 9.17) is 17.0 Å². The molecule has 2 aromatic rings. The van der Waals surface area contributed by atoms with Crippen LogP contribution in [0.4, 0.5) is 0 Å². The zero-order valence-electron chi connectivity index (χ0n) is 10.3.